The molecular weight excluding hydrogens is 219 g/mol. The fraction of sp³-hybridized carbons (Fsp3) is 0.455. The van der Waals surface area contributed by atoms with E-state index in [9.17, 15) is 13.2 Å². The summed E-state index contributed by atoms with van der Waals surface area (Å²) in [5.41, 5.74) is 0.0632. The number of aliphatic hydroxyl groups is 1. The fourth-order valence-corrected chi connectivity index (χ4v) is 1.34. The Hall–Kier alpha value is -1.23. The fourth-order valence-electron chi connectivity index (χ4n) is 1.34. The monoisotopic (exact) mass is 233 g/mol. The van der Waals surface area contributed by atoms with E-state index in [0.29, 0.717) is 18.7 Å². The summed E-state index contributed by atoms with van der Waals surface area (Å²) in [5, 5.41) is 8.64. The van der Waals surface area contributed by atoms with Crippen LogP contribution < -0.4 is 4.90 Å². The van der Waals surface area contributed by atoms with Gasteiger partial charge in [0.2, 0.25) is 0 Å². The zero-order valence-corrected chi connectivity index (χ0v) is 8.96. The van der Waals surface area contributed by atoms with Crippen molar-refractivity contribution in [1.29, 1.82) is 0 Å². The minimum atomic E-state index is -4.29. The van der Waals surface area contributed by atoms with Crippen molar-refractivity contribution in [3.05, 3.63) is 29.8 Å². The molecule has 90 valence electrons. The van der Waals surface area contributed by atoms with Gasteiger partial charge in [0.15, 0.2) is 0 Å². The Balaban J connectivity index is 2.71. The number of aliphatic hydroxyl groups excluding tert-OH is 1. The zero-order valence-electron chi connectivity index (χ0n) is 8.96. The Morgan fingerprint density at radius 2 is 1.75 bits per heavy atom. The van der Waals surface area contributed by atoms with Crippen LogP contribution in [0.25, 0.3) is 0 Å². The molecule has 0 unspecified atom stereocenters. The molecule has 2 nitrogen and oxygen atoms in total. The van der Waals surface area contributed by atoms with Crippen LogP contribution in [0.2, 0.25) is 0 Å². The molecule has 0 aliphatic rings. The van der Waals surface area contributed by atoms with Crippen molar-refractivity contribution in [2.24, 2.45) is 0 Å². The number of halogens is 3. The summed E-state index contributed by atoms with van der Waals surface area (Å²) in [6.45, 7) is 0.687. The third-order valence-corrected chi connectivity index (χ3v) is 2.29. The molecule has 1 N–H and O–H groups in total. The maximum atomic E-state index is 12.3. The van der Waals surface area contributed by atoms with Gasteiger partial charge in [-0.25, -0.2) is 0 Å². The molecule has 0 radical (unpaired) electrons. The first-order valence-corrected chi connectivity index (χ1v) is 4.94. The summed E-state index contributed by atoms with van der Waals surface area (Å²) >= 11 is 0. The normalized spacial score (nSPS) is 11.6. The highest BCUT2D eigenvalue weighted by molar-refractivity contribution is 5.47. The second kappa shape index (κ2) is 5.21. The third kappa shape index (κ3) is 3.41. The number of rotatable bonds is 4. The lowest BCUT2D eigenvalue weighted by Crippen LogP contribution is -2.19. The van der Waals surface area contributed by atoms with Crippen molar-refractivity contribution in [1.82, 2.24) is 0 Å². The largest absolute Gasteiger partial charge is 0.416 e. The van der Waals surface area contributed by atoms with E-state index < -0.39 is 11.7 Å². The maximum absolute atomic E-state index is 12.3. The van der Waals surface area contributed by atoms with Crippen molar-refractivity contribution in [2.75, 3.05) is 25.1 Å². The lowest BCUT2D eigenvalue weighted by atomic mass is 10.2. The Morgan fingerprint density at radius 3 is 2.19 bits per heavy atom. The van der Waals surface area contributed by atoms with E-state index in [2.05, 4.69) is 0 Å². The molecule has 0 heterocycles. The Bertz CT molecular complexity index is 321. The first-order valence-electron chi connectivity index (χ1n) is 4.94. The molecule has 1 aromatic rings. The number of alkyl halides is 3. The molecule has 0 saturated heterocycles. The van der Waals surface area contributed by atoms with Crippen LogP contribution in [-0.2, 0) is 6.18 Å². The van der Waals surface area contributed by atoms with Gasteiger partial charge in [-0.3, -0.25) is 0 Å². The number of anilines is 1. The van der Waals surface area contributed by atoms with E-state index in [1.807, 2.05) is 0 Å². The molecule has 1 aromatic carbocycles. The topological polar surface area (TPSA) is 23.5 Å². The predicted octanol–water partition coefficient (Wildman–Crippen LogP) is 2.52. The molecule has 0 spiro atoms. The van der Waals surface area contributed by atoms with Crippen LogP contribution in [0.3, 0.4) is 0 Å². The summed E-state index contributed by atoms with van der Waals surface area (Å²) in [5.74, 6) is 0. The number of nitrogens with zero attached hydrogens (tertiary/aromatic N) is 1. The molecule has 0 aromatic heterocycles. The lowest BCUT2D eigenvalue weighted by Gasteiger charge is -2.19. The van der Waals surface area contributed by atoms with Crippen LogP contribution in [0.5, 0.6) is 0 Å². The molecule has 1 rings (SSSR count). The lowest BCUT2D eigenvalue weighted by molar-refractivity contribution is -0.137. The molecular formula is C11H14F3NO. The van der Waals surface area contributed by atoms with Crippen LogP contribution >= 0.6 is 0 Å². The van der Waals surface area contributed by atoms with E-state index in [1.54, 1.807) is 11.9 Å². The molecule has 0 fully saturated rings. The number of hydrogen-bond donors (Lipinski definition) is 1. The quantitative estimate of drug-likeness (QED) is 0.863. The van der Waals surface area contributed by atoms with Crippen LogP contribution in [0.1, 0.15) is 12.0 Å². The predicted molar refractivity (Wildman–Crippen MR) is 56.4 cm³/mol. The standard InChI is InChI=1S/C11H14F3NO/c1-15(7-2-8-16)10-5-3-9(4-6-10)11(12,13)14/h3-6,16H,2,7-8H2,1H3. The SMILES string of the molecule is CN(CCCO)c1ccc(C(F)(F)F)cc1. The third-order valence-electron chi connectivity index (χ3n) is 2.29. The van der Waals surface area contributed by atoms with Gasteiger partial charge in [0.25, 0.3) is 0 Å². The van der Waals surface area contributed by atoms with Crippen LogP contribution in [0, 0.1) is 0 Å². The van der Waals surface area contributed by atoms with E-state index in [0.717, 1.165) is 12.1 Å². The van der Waals surface area contributed by atoms with E-state index >= 15 is 0 Å². The summed E-state index contributed by atoms with van der Waals surface area (Å²) < 4.78 is 36.8. The maximum Gasteiger partial charge on any atom is 0.416 e. The van der Waals surface area contributed by atoms with Gasteiger partial charge >= 0.3 is 6.18 Å². The van der Waals surface area contributed by atoms with Gasteiger partial charge < -0.3 is 10.0 Å². The Kier molecular flexibility index (Phi) is 4.18. The van der Waals surface area contributed by atoms with Gasteiger partial charge in [0, 0.05) is 25.9 Å². The molecule has 0 aliphatic carbocycles. The summed E-state index contributed by atoms with van der Waals surface area (Å²) in [6, 6.07) is 4.98. The molecule has 0 amide bonds. The van der Waals surface area contributed by atoms with E-state index in [4.69, 9.17) is 5.11 Å². The Morgan fingerprint density at radius 1 is 1.19 bits per heavy atom. The average Bonchev–Trinajstić information content (AvgIpc) is 2.25. The minimum Gasteiger partial charge on any atom is -0.396 e. The van der Waals surface area contributed by atoms with Gasteiger partial charge in [-0.05, 0) is 30.7 Å². The first kappa shape index (κ1) is 12.8. The van der Waals surface area contributed by atoms with Crippen molar-refractivity contribution in [3.63, 3.8) is 0 Å². The second-order valence-corrected chi connectivity index (χ2v) is 3.54. The summed E-state index contributed by atoms with van der Waals surface area (Å²) in [4.78, 5) is 1.80. The highest BCUT2D eigenvalue weighted by Crippen LogP contribution is 2.30. The smallest absolute Gasteiger partial charge is 0.396 e. The van der Waals surface area contributed by atoms with Gasteiger partial charge in [-0.15, -0.1) is 0 Å². The van der Waals surface area contributed by atoms with Crippen molar-refractivity contribution in [3.8, 4) is 0 Å². The van der Waals surface area contributed by atoms with Gasteiger partial charge in [-0.1, -0.05) is 0 Å². The summed E-state index contributed by atoms with van der Waals surface area (Å²) in [7, 11) is 1.78. The molecule has 0 atom stereocenters. The molecule has 16 heavy (non-hydrogen) atoms. The minimum absolute atomic E-state index is 0.0744. The van der Waals surface area contributed by atoms with Crippen LogP contribution in [0.4, 0.5) is 18.9 Å². The first-order chi connectivity index (χ1) is 7.45. The van der Waals surface area contributed by atoms with E-state index in [-0.39, 0.29) is 6.61 Å². The second-order valence-electron chi connectivity index (χ2n) is 3.54. The van der Waals surface area contributed by atoms with Crippen molar-refractivity contribution in [2.45, 2.75) is 12.6 Å². The van der Waals surface area contributed by atoms with E-state index in [1.165, 1.54) is 12.1 Å². The molecule has 0 bridgehead atoms. The number of benzene rings is 1. The van der Waals surface area contributed by atoms with Crippen LogP contribution in [0.15, 0.2) is 24.3 Å². The summed E-state index contributed by atoms with van der Waals surface area (Å²) in [6.07, 6.45) is -3.69. The van der Waals surface area contributed by atoms with Gasteiger partial charge in [-0.2, -0.15) is 13.2 Å². The number of hydrogen-bond acceptors (Lipinski definition) is 2. The highest BCUT2D eigenvalue weighted by Gasteiger charge is 2.29. The highest BCUT2D eigenvalue weighted by atomic mass is 19.4. The molecule has 0 aliphatic heterocycles. The van der Waals surface area contributed by atoms with Gasteiger partial charge in [0.1, 0.15) is 0 Å². The van der Waals surface area contributed by atoms with Crippen molar-refractivity contribution < 1.29 is 18.3 Å². The van der Waals surface area contributed by atoms with Crippen molar-refractivity contribution >= 4 is 5.69 Å². The zero-order chi connectivity index (χ0) is 12.2. The van der Waals surface area contributed by atoms with Crippen LogP contribution in [-0.4, -0.2) is 25.3 Å². The average molecular weight is 233 g/mol. The molecule has 0 saturated carbocycles. The Labute approximate surface area is 92.3 Å². The van der Waals surface area contributed by atoms with Gasteiger partial charge in [0.05, 0.1) is 5.56 Å². The molecule has 5 heteroatoms.